The number of esters is 1. The molecule has 0 amide bonds. The molecule has 0 unspecified atom stereocenters. The zero-order chi connectivity index (χ0) is 26.7. The Morgan fingerprint density at radius 2 is 1.69 bits per heavy atom. The van der Waals surface area contributed by atoms with E-state index in [1.807, 2.05) is 6.92 Å². The molecule has 0 heterocycles. The number of ketones is 2. The molecule has 0 radical (unpaired) electrons. The summed E-state index contributed by atoms with van der Waals surface area (Å²) in [6.07, 6.45) is 5.97. The van der Waals surface area contributed by atoms with Crippen molar-refractivity contribution < 1.29 is 44.9 Å². The summed E-state index contributed by atoms with van der Waals surface area (Å²) in [6.45, 7) is 1.83. The second kappa shape index (κ2) is 13.8. The Bertz CT molecular complexity index is 1150. The van der Waals surface area contributed by atoms with Crippen molar-refractivity contribution in [1.82, 2.24) is 0 Å². The molecule has 0 saturated heterocycles. The van der Waals surface area contributed by atoms with Crippen molar-refractivity contribution in [1.29, 1.82) is 0 Å². The van der Waals surface area contributed by atoms with E-state index in [1.54, 1.807) is 6.07 Å². The number of phenolic OH excluding ortho intramolecular Hbond substituents is 1. The van der Waals surface area contributed by atoms with Gasteiger partial charge in [0, 0.05) is 12.0 Å². The average molecular weight is 499 g/mol. The Hall–Kier alpha value is -3.95. The van der Waals surface area contributed by atoms with Gasteiger partial charge in [-0.05, 0) is 59.5 Å². The van der Waals surface area contributed by atoms with Crippen molar-refractivity contribution in [3.63, 3.8) is 0 Å². The van der Waals surface area contributed by atoms with Crippen molar-refractivity contribution in [2.75, 3.05) is 13.7 Å². The summed E-state index contributed by atoms with van der Waals surface area (Å²) >= 11 is 0. The number of ether oxygens (including phenoxy) is 2. The van der Waals surface area contributed by atoms with Gasteiger partial charge in [0.15, 0.2) is 29.1 Å². The highest BCUT2D eigenvalue weighted by Crippen LogP contribution is 2.31. The number of quaternary nitrogens is 1. The number of carbonyl (C=O) groups is 3. The maximum atomic E-state index is 12.4. The van der Waals surface area contributed by atoms with Gasteiger partial charge in [0.05, 0.1) is 26.7 Å². The molecule has 0 aliphatic rings. The minimum absolute atomic E-state index is 0.0467. The standard InChI is InChI=1S/C27H31NO8/c1-3-10-36-27(34)23(28)12-19-13-25(33)26(35-2)14-18(19)6-8-22(31)15-21(30)7-4-17-5-9-24(32)20(11-17)16-29/h4-9,11,13-14,23,29,32-33H,3,10,12,15-16,28H2,1-2H3/p+1/b7-4+,8-6+/t23-/m0/s1. The summed E-state index contributed by atoms with van der Waals surface area (Å²) in [7, 11) is 1.39. The summed E-state index contributed by atoms with van der Waals surface area (Å²) in [5.41, 5.74) is 5.84. The van der Waals surface area contributed by atoms with Crippen molar-refractivity contribution in [2.24, 2.45) is 0 Å². The predicted molar refractivity (Wildman–Crippen MR) is 133 cm³/mol. The van der Waals surface area contributed by atoms with Crippen LogP contribution < -0.4 is 10.5 Å². The van der Waals surface area contributed by atoms with Gasteiger partial charge < -0.3 is 30.5 Å². The van der Waals surface area contributed by atoms with Gasteiger partial charge in [0.1, 0.15) is 5.75 Å². The zero-order valence-corrected chi connectivity index (χ0v) is 20.4. The van der Waals surface area contributed by atoms with Gasteiger partial charge in [0.2, 0.25) is 0 Å². The molecule has 2 aromatic carbocycles. The molecule has 2 rings (SSSR count). The summed E-state index contributed by atoms with van der Waals surface area (Å²) < 4.78 is 10.3. The van der Waals surface area contributed by atoms with E-state index in [-0.39, 0.29) is 43.3 Å². The molecule has 9 heteroatoms. The van der Waals surface area contributed by atoms with Crippen LogP contribution in [0.15, 0.2) is 42.5 Å². The Balaban J connectivity index is 2.12. The number of methoxy groups -OCH3 is 1. The van der Waals surface area contributed by atoms with Crippen LogP contribution in [0.3, 0.4) is 0 Å². The molecule has 36 heavy (non-hydrogen) atoms. The maximum Gasteiger partial charge on any atom is 0.365 e. The number of carbonyl (C=O) groups excluding carboxylic acids is 3. The first-order valence-electron chi connectivity index (χ1n) is 11.4. The van der Waals surface area contributed by atoms with Crippen molar-refractivity contribution in [3.8, 4) is 17.2 Å². The van der Waals surface area contributed by atoms with Crippen LogP contribution in [0.25, 0.3) is 12.2 Å². The quantitative estimate of drug-likeness (QED) is 0.185. The van der Waals surface area contributed by atoms with Crippen molar-refractivity contribution in [3.05, 3.63) is 64.7 Å². The van der Waals surface area contributed by atoms with Crippen LogP contribution in [0, 0.1) is 0 Å². The minimum atomic E-state index is -0.717. The summed E-state index contributed by atoms with van der Waals surface area (Å²) in [5, 5.41) is 29.0. The lowest BCUT2D eigenvalue weighted by Gasteiger charge is -2.13. The van der Waals surface area contributed by atoms with Crippen LogP contribution >= 0.6 is 0 Å². The van der Waals surface area contributed by atoms with E-state index >= 15 is 0 Å². The summed E-state index contributed by atoms with van der Waals surface area (Å²) in [4.78, 5) is 36.7. The predicted octanol–water partition coefficient (Wildman–Crippen LogP) is 1.96. The number of aromatic hydroxyl groups is 2. The highest BCUT2D eigenvalue weighted by atomic mass is 16.5. The van der Waals surface area contributed by atoms with Gasteiger partial charge in [-0.1, -0.05) is 25.1 Å². The fourth-order valence-electron chi connectivity index (χ4n) is 3.29. The van der Waals surface area contributed by atoms with Crippen LogP contribution in [0.5, 0.6) is 17.2 Å². The second-order valence-electron chi connectivity index (χ2n) is 8.11. The van der Waals surface area contributed by atoms with Crippen molar-refractivity contribution in [2.45, 2.75) is 38.8 Å². The SMILES string of the molecule is CCCOC(=O)[C@@H]([NH3+])Cc1cc(O)c(OC)cc1/C=C/C(=O)CC(=O)/C=C/c1ccc(O)c(CO)c1. The highest BCUT2D eigenvalue weighted by Gasteiger charge is 2.22. The van der Waals surface area contributed by atoms with Gasteiger partial charge in [-0.25, -0.2) is 4.79 Å². The van der Waals surface area contributed by atoms with Crippen molar-refractivity contribution >= 4 is 29.7 Å². The van der Waals surface area contributed by atoms with Crippen LogP contribution in [0.2, 0.25) is 0 Å². The molecule has 0 aliphatic carbocycles. The normalized spacial score (nSPS) is 12.1. The molecular formula is C27H32NO8+. The number of aliphatic hydroxyl groups excluding tert-OH is 1. The van der Waals surface area contributed by atoms with Gasteiger partial charge in [0.25, 0.3) is 0 Å². The number of benzene rings is 2. The molecular weight excluding hydrogens is 466 g/mol. The molecule has 0 aromatic heterocycles. The number of aliphatic hydroxyl groups is 1. The Morgan fingerprint density at radius 1 is 1.00 bits per heavy atom. The molecule has 192 valence electrons. The van der Waals surface area contributed by atoms with Gasteiger partial charge in [-0.3, -0.25) is 9.59 Å². The van der Waals surface area contributed by atoms with E-state index in [0.717, 1.165) is 0 Å². The third-order valence-corrected chi connectivity index (χ3v) is 5.22. The molecule has 0 bridgehead atoms. The number of allylic oxidation sites excluding steroid dienone is 2. The molecule has 2 aromatic rings. The lowest BCUT2D eigenvalue weighted by Crippen LogP contribution is -2.66. The average Bonchev–Trinajstić information content (AvgIpc) is 2.86. The monoisotopic (exact) mass is 498 g/mol. The van der Waals surface area contributed by atoms with E-state index < -0.39 is 23.6 Å². The lowest BCUT2D eigenvalue weighted by molar-refractivity contribution is -0.407. The molecule has 0 saturated carbocycles. The molecule has 0 fully saturated rings. The highest BCUT2D eigenvalue weighted by molar-refractivity contribution is 6.11. The largest absolute Gasteiger partial charge is 0.508 e. The van der Waals surface area contributed by atoms with Crippen LogP contribution in [0.1, 0.15) is 42.0 Å². The smallest absolute Gasteiger partial charge is 0.365 e. The molecule has 9 nitrogen and oxygen atoms in total. The molecule has 0 spiro atoms. The van der Waals surface area contributed by atoms with E-state index in [2.05, 4.69) is 5.73 Å². The first kappa shape index (κ1) is 28.3. The number of hydrogen-bond acceptors (Lipinski definition) is 8. The summed E-state index contributed by atoms with van der Waals surface area (Å²) in [6, 6.07) is 6.78. The topological polar surface area (TPSA) is 158 Å². The Kier molecular flexibility index (Phi) is 10.9. The van der Waals surface area contributed by atoms with Gasteiger partial charge in [-0.2, -0.15) is 0 Å². The first-order valence-corrected chi connectivity index (χ1v) is 11.4. The minimum Gasteiger partial charge on any atom is -0.508 e. The zero-order valence-electron chi connectivity index (χ0n) is 20.4. The molecule has 0 aliphatic heterocycles. The van der Waals surface area contributed by atoms with Crippen LogP contribution in [-0.2, 0) is 32.1 Å². The third-order valence-electron chi connectivity index (χ3n) is 5.22. The van der Waals surface area contributed by atoms with Gasteiger partial charge >= 0.3 is 5.97 Å². The first-order chi connectivity index (χ1) is 17.2. The molecule has 1 atom stereocenters. The third kappa shape index (κ3) is 8.37. The van der Waals surface area contributed by atoms with Crippen LogP contribution in [-0.4, -0.2) is 52.6 Å². The summed E-state index contributed by atoms with van der Waals surface area (Å²) in [5.74, 6) is -1.31. The number of rotatable bonds is 13. The lowest BCUT2D eigenvalue weighted by atomic mass is 9.98. The van der Waals surface area contributed by atoms with Crippen LogP contribution in [0.4, 0.5) is 0 Å². The van der Waals surface area contributed by atoms with E-state index in [1.165, 1.54) is 55.7 Å². The fraction of sp³-hybridized carbons (Fsp3) is 0.296. The second-order valence-corrected chi connectivity index (χ2v) is 8.11. The van der Waals surface area contributed by atoms with Gasteiger partial charge in [-0.15, -0.1) is 0 Å². The number of hydrogen-bond donors (Lipinski definition) is 4. The van der Waals surface area contributed by atoms with E-state index in [9.17, 15) is 29.7 Å². The fourth-order valence-corrected chi connectivity index (χ4v) is 3.29. The molecule has 6 N–H and O–H groups in total. The Labute approximate surface area is 209 Å². The van der Waals surface area contributed by atoms with E-state index in [0.29, 0.717) is 28.7 Å². The number of phenols is 2. The van der Waals surface area contributed by atoms with E-state index in [4.69, 9.17) is 9.47 Å². The Morgan fingerprint density at radius 3 is 2.33 bits per heavy atom. The maximum absolute atomic E-state index is 12.4.